The number of ketones is 1. The van der Waals surface area contributed by atoms with E-state index in [0.717, 1.165) is 40.8 Å². The van der Waals surface area contributed by atoms with Gasteiger partial charge in [0.25, 0.3) is 5.91 Å². The molecule has 1 aliphatic carbocycles. The summed E-state index contributed by atoms with van der Waals surface area (Å²) in [4.78, 5) is 28.4. The van der Waals surface area contributed by atoms with E-state index in [4.69, 9.17) is 21.1 Å². The Morgan fingerprint density at radius 1 is 0.892 bits per heavy atom. The number of hydrogen-bond donors (Lipinski definition) is 0. The van der Waals surface area contributed by atoms with Crippen LogP contribution in [0.15, 0.2) is 60.7 Å². The maximum absolute atomic E-state index is 13.5. The topological polar surface area (TPSA) is 55.8 Å². The summed E-state index contributed by atoms with van der Waals surface area (Å²) in [5, 5.41) is 0.609. The highest BCUT2D eigenvalue weighted by molar-refractivity contribution is 6.33. The summed E-state index contributed by atoms with van der Waals surface area (Å²) in [7, 11) is 0. The van der Waals surface area contributed by atoms with Gasteiger partial charge in [0.1, 0.15) is 5.78 Å². The van der Waals surface area contributed by atoms with Gasteiger partial charge >= 0.3 is 0 Å². The molecule has 1 aliphatic heterocycles. The zero-order valence-electron chi connectivity index (χ0n) is 21.7. The van der Waals surface area contributed by atoms with Crippen LogP contribution < -0.4 is 9.47 Å². The molecule has 1 amide bonds. The number of carbonyl (C=O) groups is 2. The highest BCUT2D eigenvalue weighted by Gasteiger charge is 2.50. The van der Waals surface area contributed by atoms with E-state index in [1.165, 1.54) is 0 Å². The van der Waals surface area contributed by atoms with Gasteiger partial charge < -0.3 is 14.4 Å². The Bertz CT molecular complexity index is 1330. The van der Waals surface area contributed by atoms with Crippen molar-refractivity contribution < 1.29 is 19.1 Å². The van der Waals surface area contributed by atoms with E-state index >= 15 is 0 Å². The second-order valence-electron chi connectivity index (χ2n) is 10.5. The highest BCUT2D eigenvalue weighted by Crippen LogP contribution is 2.51. The van der Waals surface area contributed by atoms with Gasteiger partial charge in [-0.15, -0.1) is 0 Å². The number of carbonyl (C=O) groups excluding carboxylic acids is 2. The Labute approximate surface area is 223 Å². The van der Waals surface area contributed by atoms with Crippen molar-refractivity contribution in [2.75, 3.05) is 6.79 Å². The van der Waals surface area contributed by atoms with Crippen LogP contribution in [0.4, 0.5) is 0 Å². The van der Waals surface area contributed by atoms with Crippen molar-refractivity contribution in [1.82, 2.24) is 4.90 Å². The average molecular weight is 518 g/mol. The fourth-order valence-corrected chi connectivity index (χ4v) is 5.54. The number of nitrogens with zero attached hydrogens (tertiary/aromatic N) is 1. The molecule has 5 rings (SSSR count). The minimum absolute atomic E-state index is 0.0141. The second kappa shape index (κ2) is 9.86. The molecule has 37 heavy (non-hydrogen) atoms. The lowest BCUT2D eigenvalue weighted by Gasteiger charge is -2.30. The van der Waals surface area contributed by atoms with Crippen molar-refractivity contribution in [2.45, 2.75) is 64.5 Å². The Balaban J connectivity index is 1.35. The predicted molar refractivity (Wildman–Crippen MR) is 146 cm³/mol. The highest BCUT2D eigenvalue weighted by atomic mass is 35.5. The molecule has 0 radical (unpaired) electrons. The molecule has 2 aliphatic rings. The standard InChI is InChI=1S/C31H32ClNO4/c1-19(2)33(20(3)4)30(35)23-8-6-22(7-9-23)25-15-21(5-11-26(25)32)16-29(34)31(13-14-31)24-10-12-27-28(17-24)37-18-36-27/h5-12,15,17,19-20H,13-14,16,18H2,1-4H3. The first kappa shape index (κ1) is 25.3. The summed E-state index contributed by atoms with van der Waals surface area (Å²) >= 11 is 6.57. The smallest absolute Gasteiger partial charge is 0.254 e. The lowest BCUT2D eigenvalue weighted by molar-refractivity contribution is -0.120. The largest absolute Gasteiger partial charge is 0.454 e. The number of amides is 1. The molecule has 0 unspecified atom stereocenters. The minimum atomic E-state index is -0.457. The minimum Gasteiger partial charge on any atom is -0.454 e. The van der Waals surface area contributed by atoms with Crippen molar-refractivity contribution in [3.63, 3.8) is 0 Å². The third-order valence-electron chi connectivity index (χ3n) is 7.39. The van der Waals surface area contributed by atoms with Gasteiger partial charge in [-0.25, -0.2) is 0 Å². The van der Waals surface area contributed by atoms with E-state index in [1.807, 2.05) is 93.3 Å². The Morgan fingerprint density at radius 2 is 1.57 bits per heavy atom. The van der Waals surface area contributed by atoms with Crippen LogP contribution in [0.1, 0.15) is 62.0 Å². The van der Waals surface area contributed by atoms with E-state index in [9.17, 15) is 9.59 Å². The van der Waals surface area contributed by atoms with Crippen molar-refractivity contribution in [1.29, 1.82) is 0 Å². The third-order valence-corrected chi connectivity index (χ3v) is 7.72. The molecular weight excluding hydrogens is 486 g/mol. The zero-order valence-corrected chi connectivity index (χ0v) is 22.5. The van der Waals surface area contributed by atoms with Gasteiger partial charge in [-0.2, -0.15) is 0 Å². The molecule has 3 aromatic carbocycles. The first-order valence-electron chi connectivity index (χ1n) is 12.8. The van der Waals surface area contributed by atoms with Crippen LogP contribution in [0, 0.1) is 0 Å². The molecule has 5 nitrogen and oxygen atoms in total. The van der Waals surface area contributed by atoms with Crippen molar-refractivity contribution in [3.05, 3.63) is 82.4 Å². The summed E-state index contributed by atoms with van der Waals surface area (Å²) in [5.41, 5.74) is 3.86. The molecule has 192 valence electrons. The van der Waals surface area contributed by atoms with E-state index < -0.39 is 5.41 Å². The predicted octanol–water partition coefficient (Wildman–Crippen LogP) is 6.84. The fraction of sp³-hybridized carbons (Fsp3) is 0.355. The SMILES string of the molecule is CC(C)N(C(=O)c1ccc(-c2cc(CC(=O)C3(c4ccc5c(c4)OCO5)CC3)ccc2Cl)cc1)C(C)C. The van der Waals surface area contributed by atoms with Crippen molar-refractivity contribution >= 4 is 23.3 Å². The van der Waals surface area contributed by atoms with Crippen LogP contribution in [0.3, 0.4) is 0 Å². The van der Waals surface area contributed by atoms with E-state index in [1.54, 1.807) is 0 Å². The maximum atomic E-state index is 13.5. The number of rotatable bonds is 8. The number of hydrogen-bond acceptors (Lipinski definition) is 4. The summed E-state index contributed by atoms with van der Waals surface area (Å²) < 4.78 is 10.9. The average Bonchev–Trinajstić information content (AvgIpc) is 3.55. The Kier molecular flexibility index (Phi) is 6.76. The second-order valence-corrected chi connectivity index (χ2v) is 10.9. The fourth-order valence-electron chi connectivity index (χ4n) is 5.31. The van der Waals surface area contributed by atoms with Gasteiger partial charge in [-0.3, -0.25) is 9.59 Å². The van der Waals surface area contributed by atoms with Crippen LogP contribution in [0.25, 0.3) is 11.1 Å². The van der Waals surface area contributed by atoms with Gasteiger partial charge in [-0.1, -0.05) is 35.9 Å². The normalized spacial score (nSPS) is 15.2. The quantitative estimate of drug-likeness (QED) is 0.328. The summed E-state index contributed by atoms with van der Waals surface area (Å²) in [6.07, 6.45) is 2.00. The van der Waals surface area contributed by atoms with Gasteiger partial charge in [0.05, 0.1) is 5.41 Å². The number of ether oxygens (including phenoxy) is 2. The monoisotopic (exact) mass is 517 g/mol. The first-order valence-corrected chi connectivity index (χ1v) is 13.2. The van der Waals surface area contributed by atoms with E-state index in [-0.39, 0.29) is 30.6 Å². The van der Waals surface area contributed by atoms with Crippen LogP contribution in [-0.2, 0) is 16.6 Å². The van der Waals surface area contributed by atoms with Gasteiger partial charge in [0.2, 0.25) is 6.79 Å². The molecule has 0 aromatic heterocycles. The molecule has 0 saturated heterocycles. The van der Waals surface area contributed by atoms with Crippen LogP contribution >= 0.6 is 11.6 Å². The molecule has 3 aromatic rings. The lowest BCUT2D eigenvalue weighted by Crippen LogP contribution is -2.42. The lowest BCUT2D eigenvalue weighted by atomic mass is 9.87. The van der Waals surface area contributed by atoms with Gasteiger partial charge in [-0.05, 0) is 93.6 Å². The van der Waals surface area contributed by atoms with E-state index in [2.05, 4.69) is 0 Å². The maximum Gasteiger partial charge on any atom is 0.254 e. The summed E-state index contributed by atoms with van der Waals surface area (Å²) in [5.74, 6) is 1.64. The number of fused-ring (bicyclic) bond motifs is 1. The Morgan fingerprint density at radius 3 is 2.22 bits per heavy atom. The first-order chi connectivity index (χ1) is 17.7. The van der Waals surface area contributed by atoms with Crippen LogP contribution in [0.5, 0.6) is 11.5 Å². The van der Waals surface area contributed by atoms with Gasteiger partial charge in [0.15, 0.2) is 11.5 Å². The van der Waals surface area contributed by atoms with Crippen LogP contribution in [0.2, 0.25) is 5.02 Å². The molecule has 0 spiro atoms. The number of halogens is 1. The van der Waals surface area contributed by atoms with Crippen molar-refractivity contribution in [3.8, 4) is 22.6 Å². The number of Topliss-reactive ketones (excluding diaryl/α,β-unsaturated/α-hetero) is 1. The summed E-state index contributed by atoms with van der Waals surface area (Å²) in [6, 6.07) is 19.3. The molecule has 0 N–H and O–H groups in total. The van der Waals surface area contributed by atoms with E-state index in [0.29, 0.717) is 22.8 Å². The summed E-state index contributed by atoms with van der Waals surface area (Å²) in [6.45, 7) is 8.32. The number of benzene rings is 3. The molecule has 1 fully saturated rings. The van der Waals surface area contributed by atoms with Crippen LogP contribution in [-0.4, -0.2) is 35.5 Å². The molecule has 1 heterocycles. The Hall–Kier alpha value is -3.31. The molecule has 6 heteroatoms. The molecular formula is C31H32ClNO4. The molecule has 0 atom stereocenters. The zero-order chi connectivity index (χ0) is 26.3. The third kappa shape index (κ3) is 4.85. The molecule has 0 bridgehead atoms. The molecule has 1 saturated carbocycles. The van der Waals surface area contributed by atoms with Crippen molar-refractivity contribution in [2.24, 2.45) is 0 Å². The van der Waals surface area contributed by atoms with Gasteiger partial charge in [0, 0.05) is 34.7 Å².